The normalized spacial score (nSPS) is 20.7. The number of fused-ring (bicyclic) bond motifs is 2. The molecule has 0 bridgehead atoms. The van der Waals surface area contributed by atoms with Gasteiger partial charge in [-0.15, -0.1) is 0 Å². The van der Waals surface area contributed by atoms with E-state index in [9.17, 15) is 43.8 Å². The molecular formula is C41H38ClF8N7O4S2. The molecule has 63 heavy (non-hydrogen) atoms. The van der Waals surface area contributed by atoms with Crippen molar-refractivity contribution in [2.45, 2.75) is 80.9 Å². The number of aromatic nitrogens is 3. The smallest absolute Gasteiger partial charge is 0.292 e. The number of sulfonamides is 1. The number of amides is 1. The Morgan fingerprint density at radius 3 is 2.38 bits per heavy atom. The zero-order valence-electron chi connectivity index (χ0n) is 33.5. The highest BCUT2D eigenvalue weighted by Crippen LogP contribution is 2.62. The monoisotopic (exact) mass is 943 g/mol. The van der Waals surface area contributed by atoms with E-state index in [4.69, 9.17) is 22.3 Å². The van der Waals surface area contributed by atoms with Gasteiger partial charge in [-0.1, -0.05) is 23.6 Å². The van der Waals surface area contributed by atoms with Crippen LogP contribution in [0.3, 0.4) is 0 Å². The topological polar surface area (TPSA) is 161 Å². The van der Waals surface area contributed by atoms with Crippen LogP contribution in [0, 0.1) is 35.3 Å². The van der Waals surface area contributed by atoms with Crippen LogP contribution < -0.4 is 15.8 Å². The second-order valence-corrected chi connectivity index (χ2v) is 20.2. The van der Waals surface area contributed by atoms with E-state index in [-0.39, 0.29) is 56.2 Å². The van der Waals surface area contributed by atoms with E-state index in [1.165, 1.54) is 30.5 Å². The first-order valence-corrected chi connectivity index (χ1v) is 22.8. The lowest BCUT2D eigenvalue weighted by molar-refractivity contribution is -0.120. The van der Waals surface area contributed by atoms with Crippen molar-refractivity contribution < 1.29 is 52.5 Å². The van der Waals surface area contributed by atoms with Gasteiger partial charge < -0.3 is 11.1 Å². The summed E-state index contributed by atoms with van der Waals surface area (Å²) in [6, 6.07) is 6.61. The third-order valence-electron chi connectivity index (χ3n) is 10.9. The Morgan fingerprint density at radius 1 is 1.10 bits per heavy atom. The van der Waals surface area contributed by atoms with Crippen LogP contribution in [0.2, 0.25) is 5.02 Å². The van der Waals surface area contributed by atoms with Gasteiger partial charge >= 0.3 is 0 Å². The fourth-order valence-electron chi connectivity index (χ4n) is 7.43. The molecular weight excluding hydrogens is 906 g/mol. The first kappa shape index (κ1) is 45.9. The number of carbonyl (C=O) groups is 1. The SMILES string of the molecule is CS(=O)C(C)(C)C#Cc1ccc(-c2ccc(Cl)c3c(NS(=O)(=O)C4CC4)nn(CC(F)F)c23)c([C@H](Cc2cc(F)cc(F)c2)NC(=O)CN=C2C(=C(N)C(F)F)[C@H]3C[C@H]3C2(F)F)n1. The van der Waals surface area contributed by atoms with E-state index in [2.05, 4.69) is 32.0 Å². The number of nitrogens with zero attached hydrogens (tertiary/aromatic N) is 4. The molecule has 1 unspecified atom stereocenters. The van der Waals surface area contributed by atoms with Crippen LogP contribution in [0.4, 0.5) is 40.9 Å². The van der Waals surface area contributed by atoms with Crippen molar-refractivity contribution in [2.75, 3.05) is 17.5 Å². The van der Waals surface area contributed by atoms with Crippen LogP contribution in [-0.4, -0.2) is 80.6 Å². The molecule has 2 aromatic heterocycles. The molecule has 4 atom stereocenters. The predicted molar refractivity (Wildman–Crippen MR) is 222 cm³/mol. The van der Waals surface area contributed by atoms with Crippen molar-refractivity contribution in [3.05, 3.63) is 87.3 Å². The maximum Gasteiger partial charge on any atom is 0.292 e. The van der Waals surface area contributed by atoms with E-state index in [0.717, 1.165) is 16.8 Å². The summed E-state index contributed by atoms with van der Waals surface area (Å²) in [6.45, 7) is 1.10. The predicted octanol–water partition coefficient (Wildman–Crippen LogP) is 7.31. The molecule has 4 N–H and O–H groups in total. The largest absolute Gasteiger partial charge is 0.397 e. The van der Waals surface area contributed by atoms with Gasteiger partial charge in [-0.25, -0.2) is 39.7 Å². The number of anilines is 1. The van der Waals surface area contributed by atoms with Crippen LogP contribution in [0.15, 0.2) is 58.7 Å². The summed E-state index contributed by atoms with van der Waals surface area (Å²) in [5.74, 6) is -3.72. The van der Waals surface area contributed by atoms with Crippen LogP contribution >= 0.6 is 11.6 Å². The zero-order chi connectivity index (χ0) is 45.9. The van der Waals surface area contributed by atoms with Gasteiger partial charge in [0.25, 0.3) is 18.8 Å². The van der Waals surface area contributed by atoms with Crippen LogP contribution in [0.5, 0.6) is 0 Å². The summed E-state index contributed by atoms with van der Waals surface area (Å²) in [4.78, 5) is 22.3. The number of hydrogen-bond acceptors (Lipinski definition) is 8. The summed E-state index contributed by atoms with van der Waals surface area (Å²) in [5.41, 5.74) is 2.69. The number of alkyl halides is 6. The Labute approximate surface area is 363 Å². The fraction of sp³-hybridized carbons (Fsp3) is 0.415. The second-order valence-electron chi connectivity index (χ2n) is 15.9. The van der Waals surface area contributed by atoms with E-state index in [1.807, 2.05) is 0 Å². The number of rotatable bonds is 14. The summed E-state index contributed by atoms with van der Waals surface area (Å²) in [6.07, 6.45) is -4.70. The molecule has 11 nitrogen and oxygen atoms in total. The minimum atomic E-state index is -4.01. The molecule has 336 valence electrons. The number of halogens is 9. The third-order valence-corrected chi connectivity index (χ3v) is 14.6. The number of nitrogens with two attached hydrogens (primary N) is 1. The molecule has 7 rings (SSSR count). The molecule has 3 fully saturated rings. The van der Waals surface area contributed by atoms with Crippen LogP contribution in [-0.2, 0) is 38.6 Å². The summed E-state index contributed by atoms with van der Waals surface area (Å²) >= 11 is 6.62. The van der Waals surface area contributed by atoms with E-state index in [1.54, 1.807) is 13.8 Å². The van der Waals surface area contributed by atoms with Gasteiger partial charge in [-0.05, 0) is 87.3 Å². The second kappa shape index (κ2) is 17.1. The Bertz CT molecular complexity index is 2760. The van der Waals surface area contributed by atoms with E-state index in [0.29, 0.717) is 18.9 Å². The zero-order valence-corrected chi connectivity index (χ0v) is 35.9. The first-order chi connectivity index (χ1) is 29.5. The average Bonchev–Trinajstić information content (AvgIpc) is 4.12. The van der Waals surface area contributed by atoms with Gasteiger partial charge in [0.1, 0.15) is 40.9 Å². The lowest BCUT2D eigenvalue weighted by Gasteiger charge is -2.23. The van der Waals surface area contributed by atoms with Crippen molar-refractivity contribution >= 4 is 60.8 Å². The van der Waals surface area contributed by atoms with Gasteiger partial charge in [-0.3, -0.25) is 23.4 Å². The van der Waals surface area contributed by atoms with E-state index < -0.39 is 122 Å². The molecule has 0 aliphatic heterocycles. The standard InChI is InChI=1S/C41H38ClF8N7O4S2/c1-40(2,62(3)59)11-10-22-4-7-24(25-8-9-28(42)33-36(25)57(18-30(45)46)55-39(33)56-63(60,61)23-5-6-23)35(53-22)29(14-19-12-20(43)15-21(44)13-19)54-31(58)17-52-37-32(34(51)38(47)48)26-16-27(26)41(37,49)50/h4,7-9,12-13,15,23,26-27,29-30,38H,5-6,14,16-18,51H2,1-3H3,(H,54,58)(H,55,56)/t26-,27+,29-,62?/m0/s1. The minimum absolute atomic E-state index is 0.00319. The Balaban J connectivity index is 1.41. The van der Waals surface area contributed by atoms with Crippen molar-refractivity contribution in [3.63, 3.8) is 0 Å². The Kier molecular flexibility index (Phi) is 12.5. The van der Waals surface area contributed by atoms with Crippen molar-refractivity contribution in [3.8, 4) is 23.0 Å². The van der Waals surface area contributed by atoms with Crippen LogP contribution in [0.1, 0.15) is 56.1 Å². The molecule has 2 aromatic carbocycles. The summed E-state index contributed by atoms with van der Waals surface area (Å²) in [5, 5.41) is 5.88. The highest BCUT2D eigenvalue weighted by atomic mass is 35.5. The number of hydrogen-bond donors (Lipinski definition) is 3. The number of carbonyl (C=O) groups excluding carboxylic acids is 1. The van der Waals surface area contributed by atoms with Crippen molar-refractivity contribution in [1.82, 2.24) is 20.1 Å². The van der Waals surface area contributed by atoms with Gasteiger partial charge in [-0.2, -0.15) is 13.9 Å². The molecule has 3 saturated carbocycles. The number of aliphatic imine (C=N–C) groups is 1. The molecule has 22 heteroatoms. The van der Waals surface area contributed by atoms with Crippen molar-refractivity contribution in [1.29, 1.82) is 0 Å². The van der Waals surface area contributed by atoms with Crippen LogP contribution in [0.25, 0.3) is 22.0 Å². The first-order valence-electron chi connectivity index (χ1n) is 19.3. The van der Waals surface area contributed by atoms with Gasteiger partial charge in [0.15, 0.2) is 5.82 Å². The summed E-state index contributed by atoms with van der Waals surface area (Å²) < 4.78 is 156. The Morgan fingerprint density at radius 2 is 1.76 bits per heavy atom. The number of nitrogens with one attached hydrogen (secondary N) is 2. The number of pyridine rings is 1. The van der Waals surface area contributed by atoms with Gasteiger partial charge in [0, 0.05) is 45.7 Å². The molecule has 1 amide bonds. The highest BCUT2D eigenvalue weighted by Gasteiger charge is 2.67. The highest BCUT2D eigenvalue weighted by molar-refractivity contribution is 7.93. The van der Waals surface area contributed by atoms with Gasteiger partial charge in [0.05, 0.1) is 38.6 Å². The number of benzene rings is 2. The maximum absolute atomic E-state index is 15.3. The molecule has 0 radical (unpaired) electrons. The lowest BCUT2D eigenvalue weighted by atomic mass is 9.93. The average molecular weight is 944 g/mol. The minimum Gasteiger partial charge on any atom is -0.397 e. The molecule has 3 aliphatic rings. The lowest BCUT2D eigenvalue weighted by Crippen LogP contribution is -2.35. The van der Waals surface area contributed by atoms with E-state index >= 15 is 8.78 Å². The van der Waals surface area contributed by atoms with Crippen molar-refractivity contribution in [2.24, 2.45) is 22.6 Å². The molecule has 0 spiro atoms. The maximum atomic E-state index is 15.3. The van der Waals surface area contributed by atoms with Gasteiger partial charge in [0.2, 0.25) is 15.9 Å². The summed E-state index contributed by atoms with van der Waals surface area (Å²) in [7, 11) is -5.48. The third kappa shape index (κ3) is 9.58. The Hall–Kier alpha value is -5.07. The fourth-order valence-corrected chi connectivity index (χ4v) is 9.20. The molecule has 2 heterocycles. The number of allylic oxidation sites excluding steroid dienone is 2. The molecule has 4 aromatic rings. The molecule has 0 saturated heterocycles. The molecule has 3 aliphatic carbocycles. The quantitative estimate of drug-likeness (QED) is 0.0883.